The van der Waals surface area contributed by atoms with Crippen molar-refractivity contribution in [2.24, 2.45) is 0 Å². The molecule has 0 bridgehead atoms. The zero-order valence-electron chi connectivity index (χ0n) is 63.2. The van der Waals surface area contributed by atoms with E-state index in [1.807, 2.05) is 41.5 Å². The molecule has 1 N–H and O–H groups in total. The molecule has 0 radical (unpaired) electrons. The average molecular weight is 1560 g/mol. The molecule has 110 heavy (non-hydrogen) atoms. The Morgan fingerprint density at radius 3 is 1.47 bits per heavy atom. The fourth-order valence-corrected chi connectivity index (χ4v) is 21.1. The Kier molecular flexibility index (Phi) is 29.0. The van der Waals surface area contributed by atoms with Crippen LogP contribution in [0.25, 0.3) is 0 Å². The summed E-state index contributed by atoms with van der Waals surface area (Å²) in [6.45, 7) is 16.7. The quantitative estimate of drug-likeness (QED) is 0.0187. The van der Waals surface area contributed by atoms with Crippen molar-refractivity contribution in [2.75, 3.05) is 32.7 Å². The summed E-state index contributed by atoms with van der Waals surface area (Å²) in [7, 11) is -2.16. The van der Waals surface area contributed by atoms with Gasteiger partial charge in [-0.15, -0.1) is 11.8 Å². The first-order chi connectivity index (χ1) is 52.4. The van der Waals surface area contributed by atoms with Gasteiger partial charge in [0.15, 0.2) is 45.1 Å². The van der Waals surface area contributed by atoms with Gasteiger partial charge in [-0.3, -0.25) is 38.5 Å². The van der Waals surface area contributed by atoms with Crippen LogP contribution in [0.2, 0.25) is 16.6 Å². The molecule has 0 saturated carbocycles. The number of esters is 9. The first-order valence-electron chi connectivity index (χ1n) is 36.0. The highest BCUT2D eigenvalue weighted by Crippen LogP contribution is 2.47. The van der Waals surface area contributed by atoms with Gasteiger partial charge in [0.1, 0.15) is 61.3 Å². The van der Waals surface area contributed by atoms with Crippen molar-refractivity contribution in [3.05, 3.63) is 179 Å². The number of carbonyl (C=O) groups excluding carboxylic acids is 12. The Morgan fingerprint density at radius 1 is 0.545 bits per heavy atom. The zero-order valence-corrected chi connectivity index (χ0v) is 65.0. The predicted octanol–water partition coefficient (Wildman–Crippen LogP) is 8.87. The molecular weight excluding hydrogens is 1470 g/mol. The summed E-state index contributed by atoms with van der Waals surface area (Å²) in [5, 5.41) is 2.62. The van der Waals surface area contributed by atoms with E-state index < -0.39 is 196 Å². The second-order valence-electron chi connectivity index (χ2n) is 27.5. The minimum atomic E-state index is -3.28. The van der Waals surface area contributed by atoms with Crippen LogP contribution >= 0.6 is 11.8 Å². The van der Waals surface area contributed by atoms with Gasteiger partial charge in [-0.25, -0.2) is 24.0 Å². The van der Waals surface area contributed by atoms with Crippen LogP contribution in [0.4, 0.5) is 0 Å². The van der Waals surface area contributed by atoms with E-state index in [0.29, 0.717) is 0 Å². The normalized spacial score (nSPS) is 25.1. The number of nitrogens with zero attached hydrogens (tertiary/aromatic N) is 1. The average Bonchev–Trinajstić information content (AvgIpc) is 1.26. The van der Waals surface area contributed by atoms with Gasteiger partial charge < -0.3 is 76.1 Å². The van der Waals surface area contributed by atoms with Crippen molar-refractivity contribution in [1.29, 1.82) is 0 Å². The Bertz CT molecular complexity index is 4040. The molecule has 5 aromatic rings. The number of nitrogens with one attached hydrogen (secondary N) is 1. The number of imide groups is 1. The number of carbonyl (C=O) groups is 12. The van der Waals surface area contributed by atoms with Crippen LogP contribution in [0, 0.1) is 0 Å². The molecule has 4 aliphatic rings. The summed E-state index contributed by atoms with van der Waals surface area (Å²) < 4.78 is 98.0. The minimum absolute atomic E-state index is 0.000572. The van der Waals surface area contributed by atoms with Gasteiger partial charge in [0.2, 0.25) is 5.91 Å². The molecule has 0 aliphatic carbocycles. The van der Waals surface area contributed by atoms with Crippen LogP contribution in [0.3, 0.4) is 0 Å². The van der Waals surface area contributed by atoms with Crippen molar-refractivity contribution in [3.8, 4) is 0 Å². The van der Waals surface area contributed by atoms with E-state index in [2.05, 4.69) is 5.32 Å². The molecule has 4 heterocycles. The Hall–Kier alpha value is -9.73. The second kappa shape index (κ2) is 37.8. The standard InChI is InChI=1S/C79H92N2O27SSi/c1-14-109-77-62(81-70(87)55-37-27-28-38-56(55)71(81)88)67(104-74(91)53-33-23-17-24-34-53)64(60(102-77)42-97-110(43(2)3,44(4)5)45(6)7)106-76-69(105-75(92)54-35-25-18-26-36-54)68(65(103-73(90)52-31-21-16-22-32-52)59(101-76)41-96-72(89)51-29-19-15-20-30-51)108-79(78(93)94-13)39-57(98-48(10)84)61(80-46(8)82)66(107-79)63(100-50(12)86)58(99-49(11)85)40-95-47(9)83/h15-38,43-45,57-69,76-77H,14,39-42H2,1-13H3,(H,80,82)/t57-,58-,59?,60?,61-,62?,63-,64-,65+,66?,67-,68+,69?,76+,77+,79+/m1/s1. The fraction of sp³-hybridized carbons (Fsp3) is 0.468. The van der Waals surface area contributed by atoms with Crippen LogP contribution in [-0.4, -0.2) is 214 Å². The third-order valence-electron chi connectivity index (χ3n) is 19.1. The first kappa shape index (κ1) is 84.3. The van der Waals surface area contributed by atoms with Crippen molar-refractivity contribution in [3.63, 3.8) is 0 Å². The van der Waals surface area contributed by atoms with E-state index in [1.165, 1.54) is 84.9 Å². The van der Waals surface area contributed by atoms with Crippen molar-refractivity contribution in [1.82, 2.24) is 10.2 Å². The third-order valence-corrected chi connectivity index (χ3v) is 26.3. The van der Waals surface area contributed by atoms with Gasteiger partial charge >= 0.3 is 53.7 Å². The van der Waals surface area contributed by atoms with E-state index in [-0.39, 0.29) is 62.4 Å². The van der Waals surface area contributed by atoms with Crippen LogP contribution in [-0.2, 0) is 99.5 Å². The predicted molar refractivity (Wildman–Crippen MR) is 392 cm³/mol. The number of rotatable bonds is 31. The number of hydrogen-bond donors (Lipinski definition) is 1. The molecule has 590 valence electrons. The van der Waals surface area contributed by atoms with Gasteiger partial charge in [-0.1, -0.05) is 133 Å². The summed E-state index contributed by atoms with van der Waals surface area (Å²) in [5.41, 5.74) is -1.81. The molecule has 3 amide bonds. The molecule has 31 heteroatoms. The van der Waals surface area contributed by atoms with E-state index in [1.54, 1.807) is 67.6 Å². The SMILES string of the molecule is CCS[C@@H]1OC(CO[Si](C(C)C)(C(C)C)C(C)C)[C@@H](O[C@@H]2OC(COC(=O)c3ccccc3)[C@H](OC(=O)c3ccccc3)[C@H](O[C@]3(C(=O)OC)C[C@@H](OC(C)=O)[C@@H](NC(C)=O)C([C@H](OC(C)=O)[C@@H](COC(C)=O)OC(C)=O)O3)C2OC(=O)c2ccccc2)[C@H](OC(=O)c2ccccc2)C1N1C(=O)c2ccccc2C1=O. The van der Waals surface area contributed by atoms with Crippen molar-refractivity contribution >= 4 is 91.5 Å². The summed E-state index contributed by atoms with van der Waals surface area (Å²) >= 11 is 1.16. The number of amides is 3. The number of fused-ring (bicyclic) bond motifs is 1. The van der Waals surface area contributed by atoms with Gasteiger partial charge in [0.05, 0.1) is 59.6 Å². The third kappa shape index (κ3) is 19.7. The molecule has 3 fully saturated rings. The topological polar surface area (TPSA) is 359 Å². The molecule has 5 unspecified atom stereocenters. The second-order valence-corrected chi connectivity index (χ2v) is 34.3. The molecule has 9 rings (SSSR count). The lowest BCUT2D eigenvalue weighted by atomic mass is 9.87. The summed E-state index contributed by atoms with van der Waals surface area (Å²) in [5.74, 6) is -15.6. The Labute approximate surface area is 641 Å². The number of methoxy groups -OCH3 is 1. The minimum Gasteiger partial charge on any atom is -0.465 e. The molecule has 0 aromatic heterocycles. The van der Waals surface area contributed by atoms with Crippen molar-refractivity contribution < 1.29 is 128 Å². The van der Waals surface area contributed by atoms with E-state index in [9.17, 15) is 28.8 Å². The smallest absolute Gasteiger partial charge is 0.366 e. The highest BCUT2D eigenvalue weighted by Gasteiger charge is 2.65. The van der Waals surface area contributed by atoms with Crippen LogP contribution in [0.15, 0.2) is 146 Å². The molecule has 29 nitrogen and oxygen atoms in total. The molecule has 5 aromatic carbocycles. The zero-order chi connectivity index (χ0) is 79.9. The van der Waals surface area contributed by atoms with E-state index in [4.69, 9.17) is 70.7 Å². The molecular formula is C79H92N2O27SSi. The Balaban J connectivity index is 1.36. The van der Waals surface area contributed by atoms with Crippen LogP contribution < -0.4 is 5.32 Å². The molecule has 3 saturated heterocycles. The number of ether oxygens (including phenoxy) is 14. The van der Waals surface area contributed by atoms with Crippen LogP contribution in [0.5, 0.6) is 0 Å². The number of benzene rings is 5. The van der Waals surface area contributed by atoms with Gasteiger partial charge in [-0.2, -0.15) is 0 Å². The maximum Gasteiger partial charge on any atom is 0.366 e. The molecule has 16 atom stereocenters. The lowest BCUT2D eigenvalue weighted by Gasteiger charge is -2.53. The van der Waals surface area contributed by atoms with Crippen molar-refractivity contribution in [2.45, 2.75) is 203 Å². The first-order valence-corrected chi connectivity index (χ1v) is 39.2. The maximum absolute atomic E-state index is 15.8. The number of hydrogen-bond acceptors (Lipinski definition) is 28. The highest BCUT2D eigenvalue weighted by atomic mass is 32.2. The summed E-state index contributed by atoms with van der Waals surface area (Å²) in [6.07, 6.45) is -25.8. The van der Waals surface area contributed by atoms with Crippen LogP contribution in [0.1, 0.15) is 152 Å². The largest absolute Gasteiger partial charge is 0.465 e. The van der Waals surface area contributed by atoms with E-state index in [0.717, 1.165) is 58.4 Å². The number of thioether (sulfide) groups is 1. The maximum atomic E-state index is 15.8. The lowest BCUT2D eigenvalue weighted by Crippen LogP contribution is -2.72. The summed E-state index contributed by atoms with van der Waals surface area (Å²) in [4.78, 5) is 174. The molecule has 4 aliphatic heterocycles. The highest BCUT2D eigenvalue weighted by molar-refractivity contribution is 7.99. The monoisotopic (exact) mass is 1560 g/mol. The van der Waals surface area contributed by atoms with Gasteiger partial charge in [0, 0.05) is 34.6 Å². The van der Waals surface area contributed by atoms with Gasteiger partial charge in [0.25, 0.3) is 17.6 Å². The van der Waals surface area contributed by atoms with E-state index >= 15 is 28.8 Å². The lowest BCUT2D eigenvalue weighted by molar-refractivity contribution is -0.377. The van der Waals surface area contributed by atoms with Gasteiger partial charge in [-0.05, 0) is 83.0 Å². The summed E-state index contributed by atoms with van der Waals surface area (Å²) in [6, 6.07) is 32.7. The molecule has 0 spiro atoms. The fourth-order valence-electron chi connectivity index (χ4n) is 14.6. The Morgan fingerprint density at radius 2 is 1.02 bits per heavy atom.